The van der Waals surface area contributed by atoms with Crippen molar-refractivity contribution in [2.24, 2.45) is 0 Å². The fourth-order valence-corrected chi connectivity index (χ4v) is 3.00. The van der Waals surface area contributed by atoms with Gasteiger partial charge in [-0.2, -0.15) is 0 Å². The van der Waals surface area contributed by atoms with E-state index in [1.165, 1.54) is 22.4 Å². The Morgan fingerprint density at radius 1 is 0.808 bits per heavy atom. The Hall–Kier alpha value is -2.78. The summed E-state index contributed by atoms with van der Waals surface area (Å²) >= 11 is 0. The van der Waals surface area contributed by atoms with Crippen LogP contribution in [-0.4, -0.2) is 21.2 Å². The molecule has 0 heterocycles. The number of nitrogens with zero attached hydrogens (tertiary/aromatic N) is 1. The second-order valence-corrected chi connectivity index (χ2v) is 6.56. The van der Waals surface area contributed by atoms with Crippen LogP contribution in [0.4, 0.5) is 5.69 Å². The number of nitrogens with one attached hydrogen (secondary N) is 1. The van der Waals surface area contributed by atoms with Crippen molar-refractivity contribution in [2.75, 3.05) is 26.1 Å². The van der Waals surface area contributed by atoms with Gasteiger partial charge in [0.2, 0.25) is 0 Å². The van der Waals surface area contributed by atoms with E-state index in [-0.39, 0.29) is 6.04 Å². The van der Waals surface area contributed by atoms with Gasteiger partial charge in [-0.05, 0) is 41.0 Å². The lowest BCUT2D eigenvalue weighted by atomic mass is 9.98. The highest BCUT2D eigenvalue weighted by molar-refractivity contribution is 5.46. The molecule has 26 heavy (non-hydrogen) atoms. The quantitative estimate of drug-likeness (QED) is 0.674. The molecule has 3 rings (SSSR count). The van der Waals surface area contributed by atoms with Crippen LogP contribution >= 0.6 is 0 Å². The number of hydrogen-bond donors (Lipinski definition) is 1. The Kier molecular flexibility index (Phi) is 5.92. The molecule has 0 fully saturated rings. The molecule has 0 aromatic heterocycles. The van der Waals surface area contributed by atoms with Gasteiger partial charge in [0.15, 0.2) is 0 Å². The van der Waals surface area contributed by atoms with Crippen LogP contribution in [0.25, 0.3) is 0 Å². The van der Waals surface area contributed by atoms with E-state index in [9.17, 15) is 0 Å². The molecule has 0 saturated carbocycles. The number of methoxy groups -OCH3 is 1. The van der Waals surface area contributed by atoms with Gasteiger partial charge in [0.25, 0.3) is 0 Å². The average Bonchev–Trinajstić information content (AvgIpc) is 2.70. The van der Waals surface area contributed by atoms with Crippen LogP contribution in [0.1, 0.15) is 22.7 Å². The van der Waals surface area contributed by atoms with Crippen LogP contribution in [0.5, 0.6) is 5.75 Å². The molecule has 1 atom stereocenters. The van der Waals surface area contributed by atoms with Crippen LogP contribution in [0.3, 0.4) is 0 Å². The normalized spacial score (nSPS) is 11.8. The van der Waals surface area contributed by atoms with Crippen molar-refractivity contribution in [3.05, 3.63) is 95.6 Å². The minimum absolute atomic E-state index is 0.135. The van der Waals surface area contributed by atoms with E-state index in [1.807, 2.05) is 12.1 Å². The topological polar surface area (TPSA) is 24.5 Å². The molecule has 0 aliphatic rings. The lowest BCUT2D eigenvalue weighted by Crippen LogP contribution is -2.22. The van der Waals surface area contributed by atoms with Crippen molar-refractivity contribution in [2.45, 2.75) is 12.6 Å². The number of hydrogen-bond acceptors (Lipinski definition) is 3. The zero-order chi connectivity index (χ0) is 18.4. The van der Waals surface area contributed by atoms with Gasteiger partial charge >= 0.3 is 0 Å². The van der Waals surface area contributed by atoms with E-state index in [1.54, 1.807) is 7.11 Å². The molecule has 3 aromatic carbocycles. The van der Waals surface area contributed by atoms with E-state index in [2.05, 4.69) is 91.0 Å². The Balaban J connectivity index is 1.79. The van der Waals surface area contributed by atoms with Gasteiger partial charge in [0.1, 0.15) is 5.75 Å². The summed E-state index contributed by atoms with van der Waals surface area (Å²) in [5.74, 6) is 0.875. The molecule has 0 saturated heterocycles. The Morgan fingerprint density at radius 2 is 1.42 bits per heavy atom. The molecule has 3 aromatic rings. The fraction of sp³-hybridized carbons (Fsp3) is 0.217. The highest BCUT2D eigenvalue weighted by atomic mass is 16.5. The van der Waals surface area contributed by atoms with E-state index in [0.717, 1.165) is 12.3 Å². The zero-order valence-corrected chi connectivity index (χ0v) is 15.6. The SMILES string of the molecule is COc1ccc(C(NCc2ccc(N(C)C)cc2)c2ccccc2)cc1. The molecule has 1 N–H and O–H groups in total. The summed E-state index contributed by atoms with van der Waals surface area (Å²) < 4.78 is 5.29. The van der Waals surface area contributed by atoms with Crippen LogP contribution in [0.2, 0.25) is 0 Å². The maximum atomic E-state index is 5.29. The Morgan fingerprint density at radius 3 is 2.00 bits per heavy atom. The number of rotatable bonds is 7. The third-order valence-corrected chi connectivity index (χ3v) is 4.55. The highest BCUT2D eigenvalue weighted by Gasteiger charge is 2.13. The van der Waals surface area contributed by atoms with Gasteiger partial charge in [0.05, 0.1) is 13.2 Å². The molecule has 134 valence electrons. The third-order valence-electron chi connectivity index (χ3n) is 4.55. The van der Waals surface area contributed by atoms with Crippen LogP contribution in [0, 0.1) is 0 Å². The predicted octanol–water partition coefficient (Wildman–Crippen LogP) is 4.64. The van der Waals surface area contributed by atoms with Gasteiger partial charge in [-0.25, -0.2) is 0 Å². The van der Waals surface area contributed by atoms with Crippen molar-refractivity contribution < 1.29 is 4.74 Å². The third kappa shape index (κ3) is 4.44. The van der Waals surface area contributed by atoms with Crippen molar-refractivity contribution in [1.29, 1.82) is 0 Å². The summed E-state index contributed by atoms with van der Waals surface area (Å²) in [6, 6.07) is 27.6. The molecule has 3 heteroatoms. The molecule has 0 spiro atoms. The number of anilines is 1. The van der Waals surface area contributed by atoms with E-state index >= 15 is 0 Å². The maximum absolute atomic E-state index is 5.29. The summed E-state index contributed by atoms with van der Waals surface area (Å²) in [7, 11) is 5.81. The minimum Gasteiger partial charge on any atom is -0.497 e. The Labute approximate surface area is 156 Å². The number of benzene rings is 3. The van der Waals surface area contributed by atoms with E-state index in [0.29, 0.717) is 0 Å². The molecular formula is C23H26N2O. The first-order valence-corrected chi connectivity index (χ1v) is 8.86. The summed E-state index contributed by atoms with van der Waals surface area (Å²) in [4.78, 5) is 2.11. The predicted molar refractivity (Wildman–Crippen MR) is 109 cm³/mol. The zero-order valence-electron chi connectivity index (χ0n) is 15.6. The average molecular weight is 346 g/mol. The summed E-state index contributed by atoms with van der Waals surface area (Å²) in [6.45, 7) is 0.805. The fourth-order valence-electron chi connectivity index (χ4n) is 3.00. The van der Waals surface area contributed by atoms with Crippen molar-refractivity contribution in [3.63, 3.8) is 0 Å². The summed E-state index contributed by atoms with van der Waals surface area (Å²) in [6.07, 6.45) is 0. The van der Waals surface area contributed by atoms with Crippen molar-refractivity contribution in [1.82, 2.24) is 5.32 Å². The van der Waals surface area contributed by atoms with Crippen LogP contribution in [0.15, 0.2) is 78.9 Å². The first-order valence-electron chi connectivity index (χ1n) is 8.86. The molecular weight excluding hydrogens is 320 g/mol. The minimum atomic E-state index is 0.135. The highest BCUT2D eigenvalue weighted by Crippen LogP contribution is 2.25. The Bertz CT molecular complexity index is 796. The smallest absolute Gasteiger partial charge is 0.118 e. The first-order chi connectivity index (χ1) is 12.7. The van der Waals surface area contributed by atoms with E-state index in [4.69, 9.17) is 4.74 Å². The van der Waals surface area contributed by atoms with Crippen molar-refractivity contribution in [3.8, 4) is 5.75 Å². The van der Waals surface area contributed by atoms with Gasteiger partial charge in [-0.1, -0.05) is 54.6 Å². The summed E-state index contributed by atoms with van der Waals surface area (Å²) in [5, 5.41) is 3.70. The first kappa shape index (κ1) is 18.0. The molecule has 0 aliphatic heterocycles. The standard InChI is InChI=1S/C23H26N2O/c1-25(2)21-13-9-18(10-14-21)17-24-23(19-7-5-4-6-8-19)20-11-15-22(26-3)16-12-20/h4-16,23-24H,17H2,1-3H3. The van der Waals surface area contributed by atoms with Gasteiger partial charge in [0, 0.05) is 26.3 Å². The van der Waals surface area contributed by atoms with Crippen LogP contribution in [-0.2, 0) is 6.54 Å². The molecule has 1 unspecified atom stereocenters. The second kappa shape index (κ2) is 8.54. The molecule has 0 radical (unpaired) electrons. The largest absolute Gasteiger partial charge is 0.497 e. The van der Waals surface area contributed by atoms with Gasteiger partial charge < -0.3 is 15.0 Å². The van der Waals surface area contributed by atoms with Crippen molar-refractivity contribution >= 4 is 5.69 Å². The second-order valence-electron chi connectivity index (χ2n) is 6.56. The summed E-state index contributed by atoms with van der Waals surface area (Å²) in [5.41, 5.74) is 4.96. The van der Waals surface area contributed by atoms with Crippen LogP contribution < -0.4 is 15.0 Å². The van der Waals surface area contributed by atoms with Gasteiger partial charge in [-0.15, -0.1) is 0 Å². The van der Waals surface area contributed by atoms with E-state index < -0.39 is 0 Å². The molecule has 0 bridgehead atoms. The van der Waals surface area contributed by atoms with Gasteiger partial charge in [-0.3, -0.25) is 0 Å². The lowest BCUT2D eigenvalue weighted by molar-refractivity contribution is 0.414. The molecule has 0 amide bonds. The molecule has 3 nitrogen and oxygen atoms in total. The molecule has 0 aliphatic carbocycles. The maximum Gasteiger partial charge on any atom is 0.118 e. The number of ether oxygens (including phenoxy) is 1. The monoisotopic (exact) mass is 346 g/mol. The lowest BCUT2D eigenvalue weighted by Gasteiger charge is -2.21.